The van der Waals surface area contributed by atoms with E-state index in [1.807, 2.05) is 0 Å². The molecule has 0 aromatic heterocycles. The Kier molecular flexibility index (Phi) is 3.78. The summed E-state index contributed by atoms with van der Waals surface area (Å²) in [6.45, 7) is 4.28. The fourth-order valence-corrected chi connectivity index (χ4v) is 2.70. The predicted molar refractivity (Wildman–Crippen MR) is 78.9 cm³/mol. The summed E-state index contributed by atoms with van der Waals surface area (Å²) in [6.07, 6.45) is 1.16. The van der Waals surface area contributed by atoms with Gasteiger partial charge in [-0.05, 0) is 24.6 Å². The number of nitrogens with one attached hydrogen (secondary N) is 1. The van der Waals surface area contributed by atoms with E-state index in [1.165, 1.54) is 6.07 Å². The molecule has 1 aliphatic carbocycles. The molecule has 0 spiro atoms. The second kappa shape index (κ2) is 5.06. The van der Waals surface area contributed by atoms with Gasteiger partial charge in [0.1, 0.15) is 10.8 Å². The van der Waals surface area contributed by atoms with Crippen LogP contribution in [0.2, 0.25) is 0 Å². The summed E-state index contributed by atoms with van der Waals surface area (Å²) in [5, 5.41) is 3.34. The van der Waals surface area contributed by atoms with Crippen molar-refractivity contribution in [2.24, 2.45) is 11.1 Å². The van der Waals surface area contributed by atoms with Gasteiger partial charge < -0.3 is 15.8 Å². The lowest BCUT2D eigenvalue weighted by Crippen LogP contribution is -2.57. The minimum absolute atomic E-state index is 0.0348. The smallest absolute Gasteiger partial charge is 0.135 e. The Morgan fingerprint density at radius 3 is 2.68 bits per heavy atom. The van der Waals surface area contributed by atoms with Gasteiger partial charge in [-0.25, -0.2) is 4.39 Å². The van der Waals surface area contributed by atoms with E-state index in [2.05, 4.69) is 19.2 Å². The molecule has 1 saturated carbocycles. The number of ether oxygens (including phenoxy) is 1. The van der Waals surface area contributed by atoms with Gasteiger partial charge in [-0.1, -0.05) is 26.1 Å². The Labute approximate surface area is 118 Å². The first-order valence-electron chi connectivity index (χ1n) is 6.25. The van der Waals surface area contributed by atoms with E-state index in [0.29, 0.717) is 0 Å². The van der Waals surface area contributed by atoms with E-state index in [1.54, 1.807) is 19.2 Å². The third-order valence-electron chi connectivity index (χ3n) is 4.04. The quantitative estimate of drug-likeness (QED) is 0.834. The molecule has 19 heavy (non-hydrogen) atoms. The molecule has 0 bridgehead atoms. The van der Waals surface area contributed by atoms with Crippen LogP contribution in [-0.4, -0.2) is 24.2 Å². The fraction of sp³-hybridized carbons (Fsp3) is 0.500. The fourth-order valence-electron chi connectivity index (χ4n) is 2.54. The van der Waals surface area contributed by atoms with E-state index in [-0.39, 0.29) is 28.1 Å². The average molecular weight is 282 g/mol. The zero-order valence-electron chi connectivity index (χ0n) is 11.4. The van der Waals surface area contributed by atoms with Crippen LogP contribution in [0.25, 0.3) is 0 Å². The maximum Gasteiger partial charge on any atom is 0.135 e. The standard InChI is InChI=1S/C14H19FN2OS/c1-14(2)11(7-12(14)18-3)17-8-4-5-9(13(16)19)10(15)6-8/h4-6,11-12,17H,7H2,1-3H3,(H2,16,19). The molecule has 5 heteroatoms. The molecular weight excluding hydrogens is 263 g/mol. The molecule has 0 radical (unpaired) electrons. The van der Waals surface area contributed by atoms with Crippen LogP contribution in [-0.2, 0) is 4.74 Å². The maximum atomic E-state index is 13.8. The largest absolute Gasteiger partial charge is 0.389 e. The van der Waals surface area contributed by atoms with Gasteiger partial charge in [0.05, 0.1) is 6.10 Å². The van der Waals surface area contributed by atoms with Crippen LogP contribution in [0.15, 0.2) is 18.2 Å². The Morgan fingerprint density at radius 1 is 1.53 bits per heavy atom. The zero-order chi connectivity index (χ0) is 14.2. The first-order valence-corrected chi connectivity index (χ1v) is 6.65. The molecule has 0 aliphatic heterocycles. The van der Waals surface area contributed by atoms with Crippen LogP contribution < -0.4 is 11.1 Å². The highest BCUT2D eigenvalue weighted by molar-refractivity contribution is 7.80. The monoisotopic (exact) mass is 282 g/mol. The van der Waals surface area contributed by atoms with Crippen LogP contribution in [0.5, 0.6) is 0 Å². The van der Waals surface area contributed by atoms with Crippen molar-refractivity contribution in [3.05, 3.63) is 29.6 Å². The van der Waals surface area contributed by atoms with E-state index in [0.717, 1.165) is 12.1 Å². The highest BCUT2D eigenvalue weighted by Crippen LogP contribution is 2.44. The summed E-state index contributed by atoms with van der Waals surface area (Å²) in [4.78, 5) is 0.0764. The molecule has 3 N–H and O–H groups in total. The number of rotatable bonds is 4. The summed E-state index contributed by atoms with van der Waals surface area (Å²) in [7, 11) is 1.72. The number of nitrogens with two attached hydrogens (primary N) is 1. The second-order valence-corrected chi connectivity index (χ2v) is 5.98. The summed E-state index contributed by atoms with van der Waals surface area (Å²) in [6, 6.07) is 5.12. The number of halogens is 1. The first-order chi connectivity index (χ1) is 8.86. The molecule has 2 unspecified atom stereocenters. The van der Waals surface area contributed by atoms with E-state index in [9.17, 15) is 4.39 Å². The Hall–Kier alpha value is -1.20. The molecule has 104 valence electrons. The predicted octanol–water partition coefficient (Wildman–Crippen LogP) is 2.69. The Balaban J connectivity index is 2.09. The van der Waals surface area contributed by atoms with Gasteiger partial charge in [-0.3, -0.25) is 0 Å². The molecule has 1 aliphatic rings. The number of hydrogen-bond donors (Lipinski definition) is 2. The Bertz CT molecular complexity index is 504. The van der Waals surface area contributed by atoms with Crippen molar-refractivity contribution in [2.75, 3.05) is 12.4 Å². The van der Waals surface area contributed by atoms with E-state index in [4.69, 9.17) is 22.7 Å². The molecule has 3 nitrogen and oxygen atoms in total. The van der Waals surface area contributed by atoms with E-state index < -0.39 is 5.82 Å². The molecule has 0 amide bonds. The van der Waals surface area contributed by atoms with Crippen LogP contribution in [0.1, 0.15) is 25.8 Å². The molecule has 1 aromatic carbocycles. The van der Waals surface area contributed by atoms with Gasteiger partial charge in [-0.2, -0.15) is 0 Å². The number of benzene rings is 1. The highest BCUT2D eigenvalue weighted by atomic mass is 32.1. The van der Waals surface area contributed by atoms with Crippen molar-refractivity contribution >= 4 is 22.9 Å². The second-order valence-electron chi connectivity index (χ2n) is 5.54. The summed E-state index contributed by atoms with van der Waals surface area (Å²) >= 11 is 4.78. The third kappa shape index (κ3) is 2.58. The van der Waals surface area contributed by atoms with Crippen molar-refractivity contribution in [3.63, 3.8) is 0 Å². The minimum atomic E-state index is -0.391. The number of anilines is 1. The minimum Gasteiger partial charge on any atom is -0.389 e. The van der Waals surface area contributed by atoms with Gasteiger partial charge in [0.25, 0.3) is 0 Å². The normalized spacial score (nSPS) is 24.6. The van der Waals surface area contributed by atoms with Gasteiger partial charge in [0.15, 0.2) is 0 Å². The van der Waals surface area contributed by atoms with Gasteiger partial charge in [0.2, 0.25) is 0 Å². The molecule has 1 fully saturated rings. The lowest BCUT2D eigenvalue weighted by Gasteiger charge is -2.51. The maximum absolute atomic E-state index is 13.8. The highest BCUT2D eigenvalue weighted by Gasteiger charge is 2.48. The third-order valence-corrected chi connectivity index (χ3v) is 4.26. The lowest BCUT2D eigenvalue weighted by molar-refractivity contribution is -0.0794. The van der Waals surface area contributed by atoms with Crippen LogP contribution >= 0.6 is 12.2 Å². The van der Waals surface area contributed by atoms with Crippen LogP contribution in [0, 0.1) is 11.2 Å². The lowest BCUT2D eigenvalue weighted by atomic mass is 9.64. The van der Waals surface area contributed by atoms with Gasteiger partial charge in [0, 0.05) is 29.8 Å². The summed E-state index contributed by atoms with van der Waals surface area (Å²) in [5.41, 5.74) is 6.49. The number of hydrogen-bond acceptors (Lipinski definition) is 3. The molecular formula is C14H19FN2OS. The van der Waals surface area contributed by atoms with Crippen molar-refractivity contribution < 1.29 is 9.13 Å². The molecule has 2 atom stereocenters. The molecule has 2 rings (SSSR count). The van der Waals surface area contributed by atoms with E-state index >= 15 is 0 Å². The van der Waals surface area contributed by atoms with Crippen molar-refractivity contribution in [3.8, 4) is 0 Å². The zero-order valence-corrected chi connectivity index (χ0v) is 12.2. The first kappa shape index (κ1) is 14.2. The van der Waals surface area contributed by atoms with Crippen molar-refractivity contribution in [2.45, 2.75) is 32.4 Å². The summed E-state index contributed by atoms with van der Waals surface area (Å²) in [5.74, 6) is -0.391. The van der Waals surface area contributed by atoms with Gasteiger partial charge in [-0.15, -0.1) is 0 Å². The van der Waals surface area contributed by atoms with Gasteiger partial charge >= 0.3 is 0 Å². The molecule has 0 saturated heterocycles. The molecule has 0 heterocycles. The topological polar surface area (TPSA) is 47.3 Å². The Morgan fingerprint density at radius 2 is 2.21 bits per heavy atom. The number of methoxy groups -OCH3 is 1. The average Bonchev–Trinajstić information content (AvgIpc) is 2.33. The van der Waals surface area contributed by atoms with Crippen LogP contribution in [0.3, 0.4) is 0 Å². The van der Waals surface area contributed by atoms with Crippen LogP contribution in [0.4, 0.5) is 10.1 Å². The number of thiocarbonyl (C=S) groups is 1. The van der Waals surface area contributed by atoms with Crippen molar-refractivity contribution in [1.29, 1.82) is 0 Å². The summed E-state index contributed by atoms with van der Waals surface area (Å²) < 4.78 is 19.2. The van der Waals surface area contributed by atoms with Crippen molar-refractivity contribution in [1.82, 2.24) is 0 Å². The SMILES string of the molecule is COC1CC(Nc2ccc(C(N)=S)c(F)c2)C1(C)C. The molecule has 1 aromatic rings.